The number of aliphatic carboxylic acids is 1. The third-order valence-corrected chi connectivity index (χ3v) is 16.1. The number of likely N-dealkylation sites (tertiary alicyclic amines) is 1. The Hall–Kier alpha value is -2.42. The highest BCUT2D eigenvalue weighted by Gasteiger charge is 2.70. The van der Waals surface area contributed by atoms with Crippen molar-refractivity contribution in [2.75, 3.05) is 26.7 Å². The van der Waals surface area contributed by atoms with E-state index in [1.54, 1.807) is 13.8 Å². The molecule has 2 N–H and O–H groups in total. The maximum Gasteiger partial charge on any atom is 0.407 e. The number of hydrogen-bond donors (Lipinski definition) is 2. The summed E-state index contributed by atoms with van der Waals surface area (Å²) in [5, 5.41) is 13.0. The largest absolute Gasteiger partial charge is 0.481 e. The minimum absolute atomic E-state index is 0.0359. The molecular formula is C42H66N2O7. The lowest BCUT2D eigenvalue weighted by molar-refractivity contribution is -0.232. The van der Waals surface area contributed by atoms with Gasteiger partial charge in [-0.1, -0.05) is 48.5 Å². The highest BCUT2D eigenvalue weighted by atomic mass is 16.6. The van der Waals surface area contributed by atoms with Crippen LogP contribution in [0, 0.1) is 56.7 Å². The van der Waals surface area contributed by atoms with Crippen LogP contribution in [0.4, 0.5) is 4.79 Å². The number of carbonyl (C=O) groups excluding carboxylic acids is 3. The average molecular weight is 711 g/mol. The molecule has 9 nitrogen and oxygen atoms in total. The molecule has 5 aliphatic carbocycles. The van der Waals surface area contributed by atoms with Crippen molar-refractivity contribution >= 4 is 23.8 Å². The monoisotopic (exact) mass is 710 g/mol. The van der Waals surface area contributed by atoms with Crippen molar-refractivity contribution in [3.8, 4) is 0 Å². The third-order valence-electron chi connectivity index (χ3n) is 16.1. The summed E-state index contributed by atoms with van der Waals surface area (Å²) >= 11 is 0. The number of esters is 1. The number of carboxylic acid groups (broad SMARTS) is 1. The van der Waals surface area contributed by atoms with Crippen LogP contribution in [0.2, 0.25) is 0 Å². The first-order valence-corrected chi connectivity index (χ1v) is 20.0. The first-order valence-electron chi connectivity index (χ1n) is 20.0. The van der Waals surface area contributed by atoms with Crippen LogP contribution in [0.15, 0.2) is 11.1 Å². The topological polar surface area (TPSA) is 122 Å². The van der Waals surface area contributed by atoms with Gasteiger partial charge in [0.15, 0.2) is 5.78 Å². The van der Waals surface area contributed by atoms with E-state index in [4.69, 9.17) is 9.47 Å². The van der Waals surface area contributed by atoms with Gasteiger partial charge >= 0.3 is 18.0 Å². The minimum atomic E-state index is -1.17. The van der Waals surface area contributed by atoms with Crippen LogP contribution in [-0.2, 0) is 23.9 Å². The van der Waals surface area contributed by atoms with Crippen LogP contribution >= 0.6 is 0 Å². The van der Waals surface area contributed by atoms with Crippen molar-refractivity contribution in [1.82, 2.24) is 10.2 Å². The molecule has 286 valence electrons. The molecular weight excluding hydrogens is 644 g/mol. The highest BCUT2D eigenvalue weighted by Crippen LogP contribution is 2.76. The number of nitrogens with zero attached hydrogens (tertiary/aromatic N) is 1. The summed E-state index contributed by atoms with van der Waals surface area (Å²) in [4.78, 5) is 54.5. The molecule has 51 heavy (non-hydrogen) atoms. The molecule has 0 spiro atoms. The van der Waals surface area contributed by atoms with E-state index in [0.717, 1.165) is 76.5 Å². The van der Waals surface area contributed by atoms with Gasteiger partial charge in [-0.05, 0) is 136 Å². The quantitative estimate of drug-likeness (QED) is 0.245. The SMILES string of the molecule is CC(C)C1=C2C3CCC4[C@@]5(C)CC[C@H](OC(=O)CC(C)(C)C(=O)O)C(C)(C)C5CC[C@@]4(C)[C@]3(C)CC[C@@]2(NC(=O)OCC2CCN(C)C2)CC1=O. The normalized spacial score (nSPS) is 40.6. The molecule has 4 saturated carbocycles. The molecule has 0 bridgehead atoms. The fraction of sp³-hybridized carbons (Fsp3) is 0.857. The fourth-order valence-electron chi connectivity index (χ4n) is 13.2. The van der Waals surface area contributed by atoms with Gasteiger partial charge in [0.25, 0.3) is 0 Å². The minimum Gasteiger partial charge on any atom is -0.481 e. The van der Waals surface area contributed by atoms with Gasteiger partial charge in [-0.15, -0.1) is 0 Å². The van der Waals surface area contributed by atoms with Crippen LogP contribution in [-0.4, -0.2) is 72.2 Å². The Balaban J connectivity index is 1.25. The first kappa shape index (κ1) is 38.3. The first-order chi connectivity index (χ1) is 23.6. The predicted octanol–water partition coefficient (Wildman–Crippen LogP) is 7.81. The molecule has 1 amide bonds. The number of ether oxygens (including phenoxy) is 2. The number of carboxylic acids is 1. The molecule has 0 aromatic heterocycles. The number of Topliss-reactive ketones (excluding diaryl/α,β-unsaturated/α-hetero) is 1. The number of fused-ring (bicyclic) bond motifs is 7. The summed E-state index contributed by atoms with van der Waals surface area (Å²) in [7, 11) is 2.10. The maximum atomic E-state index is 13.9. The summed E-state index contributed by atoms with van der Waals surface area (Å²) in [5.41, 5.74) is 0.117. The molecule has 6 rings (SSSR count). The zero-order chi connectivity index (χ0) is 37.5. The molecule has 9 heteroatoms. The number of rotatable bonds is 8. The second-order valence-corrected chi connectivity index (χ2v) is 20.1. The second kappa shape index (κ2) is 12.9. The zero-order valence-corrected chi connectivity index (χ0v) is 33.2. The average Bonchev–Trinajstić information content (AvgIpc) is 3.57. The van der Waals surface area contributed by atoms with Gasteiger partial charge < -0.3 is 24.8 Å². The lowest BCUT2D eigenvalue weighted by atomic mass is 9.33. The fourth-order valence-corrected chi connectivity index (χ4v) is 13.2. The van der Waals surface area contributed by atoms with E-state index in [-0.39, 0.29) is 57.9 Å². The Morgan fingerprint density at radius 3 is 2.27 bits per heavy atom. The number of carbonyl (C=O) groups is 4. The van der Waals surface area contributed by atoms with Crippen LogP contribution in [0.1, 0.15) is 133 Å². The maximum absolute atomic E-state index is 13.9. The van der Waals surface area contributed by atoms with Crippen molar-refractivity contribution in [3.63, 3.8) is 0 Å². The molecule has 1 saturated heterocycles. The Kier molecular flexibility index (Phi) is 9.66. The van der Waals surface area contributed by atoms with Crippen LogP contribution in [0.3, 0.4) is 0 Å². The summed E-state index contributed by atoms with van der Waals surface area (Å²) in [5.74, 6) is 0.250. The van der Waals surface area contributed by atoms with Gasteiger partial charge in [0.1, 0.15) is 6.10 Å². The molecule has 0 aromatic carbocycles. The van der Waals surface area contributed by atoms with E-state index in [9.17, 15) is 24.3 Å². The summed E-state index contributed by atoms with van der Waals surface area (Å²) < 4.78 is 12.0. The van der Waals surface area contributed by atoms with Crippen LogP contribution < -0.4 is 5.32 Å². The second-order valence-electron chi connectivity index (χ2n) is 20.1. The van der Waals surface area contributed by atoms with Crippen molar-refractivity contribution in [2.24, 2.45) is 56.7 Å². The number of allylic oxidation sites excluding steroid dienone is 1. The molecule has 1 aliphatic heterocycles. The molecule has 4 unspecified atom stereocenters. The van der Waals surface area contributed by atoms with Gasteiger partial charge in [-0.3, -0.25) is 14.4 Å². The van der Waals surface area contributed by atoms with E-state index >= 15 is 0 Å². The number of amides is 1. The van der Waals surface area contributed by atoms with Gasteiger partial charge in [0.05, 0.1) is 24.0 Å². The Labute approximate surface area is 306 Å². The third kappa shape index (κ3) is 6.07. The highest BCUT2D eigenvalue weighted by molar-refractivity contribution is 6.02. The summed E-state index contributed by atoms with van der Waals surface area (Å²) in [6.45, 7) is 21.9. The Morgan fingerprint density at radius 2 is 1.65 bits per heavy atom. The number of ketones is 1. The zero-order valence-electron chi connectivity index (χ0n) is 33.2. The molecule has 5 fully saturated rings. The summed E-state index contributed by atoms with van der Waals surface area (Å²) in [6, 6.07) is 0. The van der Waals surface area contributed by atoms with Gasteiger partial charge in [-0.2, -0.15) is 0 Å². The van der Waals surface area contributed by atoms with Crippen LogP contribution in [0.5, 0.6) is 0 Å². The molecule has 9 atom stereocenters. The lowest BCUT2D eigenvalue weighted by Crippen LogP contribution is -2.67. The van der Waals surface area contributed by atoms with E-state index in [0.29, 0.717) is 30.8 Å². The van der Waals surface area contributed by atoms with Crippen molar-refractivity contribution < 1.29 is 33.8 Å². The number of hydrogen-bond acceptors (Lipinski definition) is 7. The molecule has 6 aliphatic rings. The van der Waals surface area contributed by atoms with Gasteiger partial charge in [0, 0.05) is 24.3 Å². The number of alkyl carbamates (subject to hydrolysis) is 1. The van der Waals surface area contributed by atoms with E-state index < -0.39 is 22.9 Å². The van der Waals surface area contributed by atoms with E-state index in [1.807, 2.05) is 0 Å². The standard InChI is InChI=1S/C42H66N2O7/c1-25(2)33-28(45)21-42(43-36(49)50-24-26-15-20-44(10)23-26)19-18-40(8)27(34(33)42)11-12-30-39(7)16-14-31(51-32(46)22-37(3,4)35(47)48)38(5,6)29(39)13-17-41(30,40)9/h25-27,29-31H,11-24H2,1-10H3,(H,43,49)(H,47,48)/t26?,27?,29?,30?,31-,39-,40+,41+,42+/m0/s1. The molecule has 0 radical (unpaired) electrons. The predicted molar refractivity (Wildman–Crippen MR) is 196 cm³/mol. The number of nitrogens with one attached hydrogen (secondary N) is 1. The van der Waals surface area contributed by atoms with Crippen molar-refractivity contribution in [2.45, 2.75) is 145 Å². The molecule has 1 heterocycles. The summed E-state index contributed by atoms with van der Waals surface area (Å²) in [6.07, 6.45) is 8.19. The van der Waals surface area contributed by atoms with E-state index in [2.05, 4.69) is 65.7 Å². The Morgan fingerprint density at radius 1 is 0.941 bits per heavy atom. The van der Waals surface area contributed by atoms with Crippen LogP contribution in [0.25, 0.3) is 0 Å². The molecule has 0 aromatic rings. The van der Waals surface area contributed by atoms with Crippen molar-refractivity contribution in [1.29, 1.82) is 0 Å². The smallest absolute Gasteiger partial charge is 0.407 e. The van der Waals surface area contributed by atoms with Gasteiger partial charge in [0.2, 0.25) is 0 Å². The van der Waals surface area contributed by atoms with E-state index in [1.165, 1.54) is 5.57 Å². The lowest BCUT2D eigenvalue weighted by Gasteiger charge is -2.72. The Bertz CT molecular complexity index is 1480. The van der Waals surface area contributed by atoms with Crippen molar-refractivity contribution in [3.05, 3.63) is 11.1 Å². The van der Waals surface area contributed by atoms with Gasteiger partial charge in [-0.25, -0.2) is 4.79 Å².